The summed E-state index contributed by atoms with van der Waals surface area (Å²) < 4.78 is 27.4. The molecule has 7 nitrogen and oxygen atoms in total. The van der Waals surface area contributed by atoms with Crippen LogP contribution < -0.4 is 5.01 Å². The molecule has 0 spiro atoms. The van der Waals surface area contributed by atoms with Gasteiger partial charge < -0.3 is 0 Å². The van der Waals surface area contributed by atoms with Crippen LogP contribution in [-0.4, -0.2) is 47.0 Å². The van der Waals surface area contributed by atoms with Crippen molar-refractivity contribution in [2.45, 2.75) is 30.7 Å². The Morgan fingerprint density at radius 3 is 2.59 bits per heavy atom. The molecule has 2 fully saturated rings. The first-order valence-corrected chi connectivity index (χ1v) is 10.6. The highest BCUT2D eigenvalue weighted by atomic mass is 32.2. The van der Waals surface area contributed by atoms with E-state index in [0.29, 0.717) is 11.7 Å². The molecule has 0 bridgehead atoms. The molecule has 2 aliphatic rings. The average molecular weight is 383 g/mol. The van der Waals surface area contributed by atoms with Gasteiger partial charge in [-0.3, -0.25) is 5.01 Å². The van der Waals surface area contributed by atoms with E-state index >= 15 is 0 Å². The van der Waals surface area contributed by atoms with Crippen LogP contribution in [0.1, 0.15) is 18.4 Å². The third kappa shape index (κ3) is 2.55. The van der Waals surface area contributed by atoms with Crippen LogP contribution in [0.2, 0.25) is 0 Å². The van der Waals surface area contributed by atoms with Crippen LogP contribution in [0.5, 0.6) is 0 Å². The molecule has 2 atom stereocenters. The van der Waals surface area contributed by atoms with E-state index in [2.05, 4.69) is 20.0 Å². The van der Waals surface area contributed by atoms with Gasteiger partial charge in [0.15, 0.2) is 11.5 Å². The second-order valence-corrected chi connectivity index (χ2v) is 9.22. The fourth-order valence-electron chi connectivity index (χ4n) is 4.06. The number of piperidine rings is 1. The third-order valence-corrected chi connectivity index (χ3v) is 7.37. The summed E-state index contributed by atoms with van der Waals surface area (Å²) in [5.74, 6) is 1.54. The van der Waals surface area contributed by atoms with Crippen LogP contribution in [-0.2, 0) is 10.0 Å². The Bertz CT molecular complexity index is 1120. The average Bonchev–Trinajstić information content (AvgIpc) is 3.11. The zero-order valence-electron chi connectivity index (χ0n) is 15.3. The molecule has 1 aliphatic carbocycles. The number of hydrogen-bond donors (Lipinski definition) is 0. The number of benzene rings is 1. The summed E-state index contributed by atoms with van der Waals surface area (Å²) in [6, 6.07) is 9.23. The van der Waals surface area contributed by atoms with Crippen molar-refractivity contribution in [1.29, 1.82) is 0 Å². The Morgan fingerprint density at radius 1 is 1.15 bits per heavy atom. The van der Waals surface area contributed by atoms with E-state index in [1.807, 2.05) is 14.0 Å². The van der Waals surface area contributed by atoms with Crippen molar-refractivity contribution in [3.05, 3.63) is 48.4 Å². The first-order valence-electron chi connectivity index (χ1n) is 9.11. The Balaban J connectivity index is 1.58. The van der Waals surface area contributed by atoms with Crippen molar-refractivity contribution in [2.75, 3.05) is 18.6 Å². The molecule has 3 aromatic rings. The normalized spacial score (nSPS) is 22.1. The van der Waals surface area contributed by atoms with Crippen LogP contribution in [0, 0.1) is 12.8 Å². The Morgan fingerprint density at radius 2 is 1.93 bits per heavy atom. The molecule has 0 N–H and O–H groups in total. The summed E-state index contributed by atoms with van der Waals surface area (Å²) >= 11 is 0. The van der Waals surface area contributed by atoms with Crippen molar-refractivity contribution >= 4 is 26.9 Å². The van der Waals surface area contributed by atoms with Crippen molar-refractivity contribution in [3.8, 4) is 0 Å². The first-order chi connectivity index (χ1) is 13.0. The summed E-state index contributed by atoms with van der Waals surface area (Å²) in [6.45, 7) is 2.94. The van der Waals surface area contributed by atoms with E-state index in [1.54, 1.807) is 36.5 Å². The molecule has 1 aromatic carbocycles. The lowest BCUT2D eigenvalue weighted by molar-refractivity contribution is 0.288. The summed E-state index contributed by atoms with van der Waals surface area (Å²) in [5, 5.41) is 5.13. The van der Waals surface area contributed by atoms with Crippen LogP contribution >= 0.6 is 0 Å². The second kappa shape index (κ2) is 5.77. The zero-order chi connectivity index (χ0) is 18.8. The van der Waals surface area contributed by atoms with Gasteiger partial charge in [0.1, 0.15) is 6.33 Å². The van der Waals surface area contributed by atoms with E-state index in [4.69, 9.17) is 0 Å². The topological polar surface area (TPSA) is 71.3 Å². The number of aromatic nitrogens is 3. The van der Waals surface area contributed by atoms with Gasteiger partial charge in [0, 0.05) is 25.8 Å². The number of aryl methyl sites for hydroxylation is 1. The van der Waals surface area contributed by atoms with Crippen LogP contribution in [0.4, 0.5) is 5.82 Å². The molecule has 1 aliphatic heterocycles. The van der Waals surface area contributed by atoms with Crippen LogP contribution in [0.15, 0.2) is 47.8 Å². The van der Waals surface area contributed by atoms with E-state index in [0.717, 1.165) is 29.2 Å². The van der Waals surface area contributed by atoms with Crippen molar-refractivity contribution in [2.24, 2.45) is 5.92 Å². The summed E-state index contributed by atoms with van der Waals surface area (Å²) in [4.78, 5) is 8.98. The minimum absolute atomic E-state index is 0.250. The predicted molar refractivity (Wildman–Crippen MR) is 103 cm³/mol. The van der Waals surface area contributed by atoms with Crippen molar-refractivity contribution in [3.63, 3.8) is 0 Å². The Hall–Kier alpha value is -2.45. The molecule has 2 aromatic heterocycles. The van der Waals surface area contributed by atoms with Gasteiger partial charge in [-0.2, -0.15) is 0 Å². The molecule has 140 valence electrons. The number of hydrazine groups is 1. The Labute approximate surface area is 158 Å². The van der Waals surface area contributed by atoms with Gasteiger partial charge >= 0.3 is 0 Å². The molecule has 1 saturated carbocycles. The lowest BCUT2D eigenvalue weighted by Crippen LogP contribution is -2.40. The SMILES string of the molecule is Cc1ccc(S(=O)(=O)n2ccc3c(N(C)N4CCC5CC54)ncnc32)cc1. The maximum Gasteiger partial charge on any atom is 0.269 e. The molecular formula is C19H21N5O2S. The molecule has 1 saturated heterocycles. The Kier molecular flexibility index (Phi) is 3.57. The van der Waals surface area contributed by atoms with Gasteiger partial charge in [-0.15, -0.1) is 0 Å². The molecule has 5 rings (SSSR count). The summed E-state index contributed by atoms with van der Waals surface area (Å²) in [6.07, 6.45) is 5.46. The highest BCUT2D eigenvalue weighted by Crippen LogP contribution is 2.45. The van der Waals surface area contributed by atoms with Gasteiger partial charge in [0.05, 0.1) is 10.3 Å². The van der Waals surface area contributed by atoms with Crippen molar-refractivity contribution in [1.82, 2.24) is 18.9 Å². The number of rotatable bonds is 4. The lowest BCUT2D eigenvalue weighted by Gasteiger charge is -2.30. The van der Waals surface area contributed by atoms with Gasteiger partial charge in [-0.1, -0.05) is 17.7 Å². The van der Waals surface area contributed by atoms with Crippen molar-refractivity contribution < 1.29 is 8.42 Å². The van der Waals surface area contributed by atoms with Crippen LogP contribution in [0.25, 0.3) is 11.0 Å². The lowest BCUT2D eigenvalue weighted by atomic mass is 10.2. The minimum atomic E-state index is -3.71. The monoisotopic (exact) mass is 383 g/mol. The number of anilines is 1. The number of nitrogens with zero attached hydrogens (tertiary/aromatic N) is 5. The van der Waals surface area contributed by atoms with E-state index in [1.165, 1.54) is 23.1 Å². The predicted octanol–water partition coefficient (Wildman–Crippen LogP) is 2.42. The third-order valence-electron chi connectivity index (χ3n) is 5.69. The molecule has 2 unspecified atom stereocenters. The fraction of sp³-hybridized carbons (Fsp3) is 0.368. The first kappa shape index (κ1) is 16.7. The minimum Gasteiger partial charge on any atom is -0.292 e. The largest absolute Gasteiger partial charge is 0.292 e. The van der Waals surface area contributed by atoms with E-state index in [-0.39, 0.29) is 4.90 Å². The molecule has 0 radical (unpaired) electrons. The molecule has 3 heterocycles. The quantitative estimate of drug-likeness (QED) is 0.689. The highest BCUT2D eigenvalue weighted by molar-refractivity contribution is 7.90. The van der Waals surface area contributed by atoms with E-state index in [9.17, 15) is 8.42 Å². The second-order valence-electron chi connectivity index (χ2n) is 7.40. The standard InChI is InChI=1S/C19H21N5O2S/c1-13-3-5-15(6-4-13)27(25,26)24-10-8-16-18(20-12-21-19(16)24)22(2)23-9-7-14-11-17(14)23/h3-6,8,10,12,14,17H,7,9,11H2,1-2H3. The fourth-order valence-corrected chi connectivity index (χ4v) is 5.36. The van der Waals surface area contributed by atoms with Gasteiger partial charge in [0.25, 0.3) is 10.0 Å². The smallest absolute Gasteiger partial charge is 0.269 e. The maximum atomic E-state index is 13.1. The van der Waals surface area contributed by atoms with Gasteiger partial charge in [-0.25, -0.2) is 27.4 Å². The van der Waals surface area contributed by atoms with Gasteiger partial charge in [-0.05, 0) is 43.9 Å². The summed E-state index contributed by atoms with van der Waals surface area (Å²) in [5.41, 5.74) is 1.42. The number of fused-ring (bicyclic) bond motifs is 2. The maximum absolute atomic E-state index is 13.1. The van der Waals surface area contributed by atoms with E-state index < -0.39 is 10.0 Å². The summed E-state index contributed by atoms with van der Waals surface area (Å²) in [7, 11) is -1.71. The van der Waals surface area contributed by atoms with Gasteiger partial charge in [0.2, 0.25) is 0 Å². The van der Waals surface area contributed by atoms with Crippen LogP contribution in [0.3, 0.4) is 0 Å². The number of hydrogen-bond acceptors (Lipinski definition) is 6. The molecule has 27 heavy (non-hydrogen) atoms. The molecule has 8 heteroatoms. The highest BCUT2D eigenvalue weighted by Gasteiger charge is 2.48. The zero-order valence-corrected chi connectivity index (χ0v) is 16.1. The molecule has 0 amide bonds. The molecular weight excluding hydrogens is 362 g/mol.